The van der Waals surface area contributed by atoms with Crippen molar-refractivity contribution in [3.8, 4) is 0 Å². The fourth-order valence-electron chi connectivity index (χ4n) is 3.58. The molecule has 13 nitrogen and oxygen atoms in total. The average molecular weight is 461 g/mol. The molecule has 3 rings (SSSR count). The van der Waals surface area contributed by atoms with Crippen molar-refractivity contribution in [1.82, 2.24) is 0 Å². The number of carboxylic acids is 1. The first-order chi connectivity index (χ1) is 15.2. The topological polar surface area (TPSA) is 219 Å². The molecule has 9 N–H and O–H groups in total. The maximum Gasteiger partial charge on any atom is 0.335 e. The standard InChI is InChI=1S/C19H27NO12/c21-5-9-11(23)12(24)15(27)19(31-9)32-16-10(6-22)30-17(14(26)13(16)25)20-8-3-1-7(2-4-8)18(28)29/h1-4,9-17,19-27H,5-6H2,(H,28,29)/t9-,10+,11-,12+,13+,14-,15-,16+,17+,19+/m0/s1. The van der Waals surface area contributed by atoms with Gasteiger partial charge in [-0.25, -0.2) is 4.79 Å². The molecule has 13 heteroatoms. The number of rotatable bonds is 7. The van der Waals surface area contributed by atoms with Crippen LogP contribution in [0.25, 0.3) is 0 Å². The lowest BCUT2D eigenvalue weighted by molar-refractivity contribution is -0.340. The monoisotopic (exact) mass is 461 g/mol. The van der Waals surface area contributed by atoms with E-state index in [1.165, 1.54) is 24.3 Å². The van der Waals surface area contributed by atoms with Gasteiger partial charge in [0.05, 0.1) is 18.8 Å². The van der Waals surface area contributed by atoms with E-state index in [4.69, 9.17) is 19.3 Å². The molecule has 0 spiro atoms. The van der Waals surface area contributed by atoms with Crippen molar-refractivity contribution >= 4 is 11.7 Å². The van der Waals surface area contributed by atoms with Gasteiger partial charge in [0.1, 0.15) is 48.8 Å². The summed E-state index contributed by atoms with van der Waals surface area (Å²) in [6, 6.07) is 5.50. The molecule has 0 unspecified atom stereocenters. The van der Waals surface area contributed by atoms with E-state index in [1.54, 1.807) is 0 Å². The summed E-state index contributed by atoms with van der Waals surface area (Å²) in [6.07, 6.45) is -15.0. The van der Waals surface area contributed by atoms with Crippen LogP contribution in [-0.4, -0.2) is 121 Å². The number of aliphatic hydroxyl groups is 7. The van der Waals surface area contributed by atoms with Crippen molar-refractivity contribution in [2.45, 2.75) is 61.3 Å². The molecular weight excluding hydrogens is 434 g/mol. The molecule has 2 aliphatic rings. The van der Waals surface area contributed by atoms with Crippen molar-refractivity contribution < 1.29 is 59.9 Å². The first-order valence-electron chi connectivity index (χ1n) is 9.86. The second kappa shape index (κ2) is 10.4. The number of ether oxygens (including phenoxy) is 3. The molecular formula is C19H27NO12. The lowest BCUT2D eigenvalue weighted by atomic mass is 9.96. The van der Waals surface area contributed by atoms with E-state index in [0.717, 1.165) is 0 Å². The normalized spacial score (nSPS) is 40.1. The average Bonchev–Trinajstić information content (AvgIpc) is 2.79. The molecule has 0 bridgehead atoms. The van der Waals surface area contributed by atoms with Crippen molar-refractivity contribution in [2.24, 2.45) is 0 Å². The fourth-order valence-corrected chi connectivity index (χ4v) is 3.58. The van der Waals surface area contributed by atoms with E-state index >= 15 is 0 Å². The highest BCUT2D eigenvalue weighted by Gasteiger charge is 2.50. The summed E-state index contributed by atoms with van der Waals surface area (Å²) in [6.45, 7) is -1.35. The minimum atomic E-state index is -1.75. The molecule has 2 fully saturated rings. The maximum atomic E-state index is 10.9. The van der Waals surface area contributed by atoms with E-state index in [2.05, 4.69) is 5.32 Å². The third-order valence-electron chi connectivity index (χ3n) is 5.44. The minimum Gasteiger partial charge on any atom is -0.478 e. The van der Waals surface area contributed by atoms with Crippen LogP contribution >= 0.6 is 0 Å². The number of aromatic carboxylic acids is 1. The van der Waals surface area contributed by atoms with Gasteiger partial charge in [0.2, 0.25) is 0 Å². The Hall–Kier alpha value is -1.91. The highest BCUT2D eigenvalue weighted by molar-refractivity contribution is 5.88. The van der Waals surface area contributed by atoms with Gasteiger partial charge in [0, 0.05) is 5.69 Å². The fraction of sp³-hybridized carbons (Fsp3) is 0.632. The predicted octanol–water partition coefficient (Wildman–Crippen LogP) is -3.58. The quantitative estimate of drug-likeness (QED) is 0.192. The van der Waals surface area contributed by atoms with Gasteiger partial charge in [0.15, 0.2) is 12.5 Å². The van der Waals surface area contributed by atoms with Crippen LogP contribution < -0.4 is 5.32 Å². The lowest BCUT2D eigenvalue weighted by Crippen LogP contribution is -2.65. The predicted molar refractivity (Wildman–Crippen MR) is 103 cm³/mol. The summed E-state index contributed by atoms with van der Waals surface area (Å²) in [5.41, 5.74) is 0.415. The smallest absolute Gasteiger partial charge is 0.335 e. The Morgan fingerprint density at radius 1 is 0.844 bits per heavy atom. The molecule has 10 atom stereocenters. The van der Waals surface area contributed by atoms with Crippen LogP contribution in [0.4, 0.5) is 5.69 Å². The van der Waals surface area contributed by atoms with Crippen molar-refractivity contribution in [1.29, 1.82) is 0 Å². The number of nitrogens with one attached hydrogen (secondary N) is 1. The summed E-state index contributed by atoms with van der Waals surface area (Å²) in [5.74, 6) is -1.12. The maximum absolute atomic E-state index is 10.9. The zero-order valence-electron chi connectivity index (χ0n) is 16.7. The first kappa shape index (κ1) is 24.7. The van der Waals surface area contributed by atoms with Gasteiger partial charge in [-0.15, -0.1) is 0 Å². The Balaban J connectivity index is 1.70. The largest absolute Gasteiger partial charge is 0.478 e. The Kier molecular flexibility index (Phi) is 8.00. The molecule has 32 heavy (non-hydrogen) atoms. The van der Waals surface area contributed by atoms with Crippen molar-refractivity contribution in [3.05, 3.63) is 29.8 Å². The number of aliphatic hydroxyl groups excluding tert-OH is 7. The Morgan fingerprint density at radius 3 is 2.03 bits per heavy atom. The molecule has 180 valence electrons. The lowest BCUT2D eigenvalue weighted by Gasteiger charge is -2.46. The number of carboxylic acid groups (broad SMARTS) is 1. The first-order valence-corrected chi connectivity index (χ1v) is 9.86. The van der Waals surface area contributed by atoms with Gasteiger partial charge in [-0.1, -0.05) is 0 Å². The van der Waals surface area contributed by atoms with Gasteiger partial charge >= 0.3 is 5.97 Å². The van der Waals surface area contributed by atoms with Crippen LogP contribution in [0, 0.1) is 0 Å². The van der Waals surface area contributed by atoms with Crippen LogP contribution in [0.3, 0.4) is 0 Å². The second-order valence-corrected chi connectivity index (χ2v) is 7.58. The van der Waals surface area contributed by atoms with E-state index < -0.39 is 80.5 Å². The number of hydrogen-bond donors (Lipinski definition) is 9. The highest BCUT2D eigenvalue weighted by Crippen LogP contribution is 2.29. The van der Waals surface area contributed by atoms with Crippen LogP contribution in [0.15, 0.2) is 24.3 Å². The van der Waals surface area contributed by atoms with Gasteiger partial charge in [-0.2, -0.15) is 0 Å². The Labute approximate surface area is 182 Å². The van der Waals surface area contributed by atoms with Crippen LogP contribution in [0.1, 0.15) is 10.4 Å². The summed E-state index contributed by atoms with van der Waals surface area (Å²) >= 11 is 0. The summed E-state index contributed by atoms with van der Waals surface area (Å²) in [4.78, 5) is 10.9. The van der Waals surface area contributed by atoms with E-state index in [1.807, 2.05) is 0 Å². The van der Waals surface area contributed by atoms with Gasteiger partial charge in [-0.3, -0.25) is 0 Å². The minimum absolute atomic E-state index is 0.0434. The van der Waals surface area contributed by atoms with E-state index in [0.29, 0.717) is 5.69 Å². The third kappa shape index (κ3) is 5.02. The molecule has 2 heterocycles. The van der Waals surface area contributed by atoms with Crippen molar-refractivity contribution in [3.63, 3.8) is 0 Å². The third-order valence-corrected chi connectivity index (χ3v) is 5.44. The molecule has 2 aliphatic heterocycles. The van der Waals surface area contributed by atoms with Gasteiger partial charge in [0.25, 0.3) is 0 Å². The SMILES string of the molecule is O=C(O)c1ccc(N[C@@H]2O[C@H](CO)[C@@H](O[C@H]3O[C@@H](CO)[C@H](O)[C@@H](O)[C@@H]3O)[C@H](O)[C@@H]2O)cc1. The number of carbonyl (C=O) groups is 1. The number of benzene rings is 1. The van der Waals surface area contributed by atoms with Gasteiger partial charge < -0.3 is 60.4 Å². The molecule has 0 aliphatic carbocycles. The van der Waals surface area contributed by atoms with Gasteiger partial charge in [-0.05, 0) is 24.3 Å². The van der Waals surface area contributed by atoms with E-state index in [9.17, 15) is 40.5 Å². The summed E-state index contributed by atoms with van der Waals surface area (Å²) in [7, 11) is 0. The molecule has 0 aromatic heterocycles. The molecule has 0 saturated carbocycles. The molecule has 2 saturated heterocycles. The zero-order chi connectivity index (χ0) is 23.6. The number of anilines is 1. The number of hydrogen-bond acceptors (Lipinski definition) is 12. The summed E-state index contributed by atoms with van der Waals surface area (Å²) < 4.78 is 16.3. The van der Waals surface area contributed by atoms with Crippen LogP contribution in [-0.2, 0) is 14.2 Å². The summed E-state index contributed by atoms with van der Waals surface area (Å²) in [5, 5.41) is 81.6. The Bertz CT molecular complexity index is 759. The van der Waals surface area contributed by atoms with Crippen LogP contribution in [0.2, 0.25) is 0 Å². The van der Waals surface area contributed by atoms with E-state index in [-0.39, 0.29) is 5.56 Å². The van der Waals surface area contributed by atoms with Crippen molar-refractivity contribution in [2.75, 3.05) is 18.5 Å². The molecule has 1 aromatic rings. The molecule has 0 amide bonds. The second-order valence-electron chi connectivity index (χ2n) is 7.58. The molecule has 1 aromatic carbocycles. The Morgan fingerprint density at radius 2 is 1.47 bits per heavy atom. The van der Waals surface area contributed by atoms with Crippen LogP contribution in [0.5, 0.6) is 0 Å². The zero-order valence-corrected chi connectivity index (χ0v) is 16.7. The molecule has 0 radical (unpaired) electrons. The highest BCUT2D eigenvalue weighted by atomic mass is 16.7.